The van der Waals surface area contributed by atoms with Gasteiger partial charge >= 0.3 is 6.03 Å². The first-order chi connectivity index (χ1) is 12.1. The van der Waals surface area contributed by atoms with Gasteiger partial charge in [-0.3, -0.25) is 9.20 Å². The van der Waals surface area contributed by atoms with E-state index in [2.05, 4.69) is 20.8 Å². The average Bonchev–Trinajstić information content (AvgIpc) is 2.99. The van der Waals surface area contributed by atoms with Gasteiger partial charge < -0.3 is 16.4 Å². The minimum Gasteiger partial charge on any atom is -0.352 e. The molecule has 0 unspecified atom stereocenters. The van der Waals surface area contributed by atoms with E-state index in [0.717, 1.165) is 17.0 Å². The van der Waals surface area contributed by atoms with E-state index in [-0.39, 0.29) is 18.9 Å². The van der Waals surface area contributed by atoms with E-state index in [1.165, 1.54) is 0 Å². The zero-order valence-corrected chi connectivity index (χ0v) is 13.5. The van der Waals surface area contributed by atoms with Crippen molar-refractivity contribution in [2.75, 3.05) is 11.9 Å². The van der Waals surface area contributed by atoms with Gasteiger partial charge in [0.05, 0.1) is 0 Å². The summed E-state index contributed by atoms with van der Waals surface area (Å²) in [6.07, 6.45) is 2.73. The number of primary amides is 1. The fourth-order valence-electron chi connectivity index (χ4n) is 2.42. The van der Waals surface area contributed by atoms with E-state index >= 15 is 0 Å². The van der Waals surface area contributed by atoms with Crippen molar-refractivity contribution in [3.63, 3.8) is 0 Å². The highest BCUT2D eigenvalue weighted by Gasteiger charge is 2.07. The van der Waals surface area contributed by atoms with Crippen LogP contribution in [-0.4, -0.2) is 33.1 Å². The third-order valence-electron chi connectivity index (χ3n) is 3.64. The normalized spacial score (nSPS) is 10.6. The Hall–Kier alpha value is -3.42. The molecule has 0 fully saturated rings. The maximum absolute atomic E-state index is 11.8. The van der Waals surface area contributed by atoms with Crippen molar-refractivity contribution in [2.45, 2.75) is 12.8 Å². The van der Waals surface area contributed by atoms with Crippen LogP contribution in [0.3, 0.4) is 0 Å². The number of nitrogens with two attached hydrogens (primary N) is 1. The first-order valence-corrected chi connectivity index (χ1v) is 7.82. The first kappa shape index (κ1) is 16.4. The molecule has 8 heteroatoms. The molecule has 8 nitrogen and oxygen atoms in total. The Morgan fingerprint density at radius 1 is 1.08 bits per heavy atom. The molecule has 0 bridgehead atoms. The lowest BCUT2D eigenvalue weighted by molar-refractivity contribution is -0.116. The molecule has 0 aliphatic carbocycles. The predicted octanol–water partition coefficient (Wildman–Crippen LogP) is 1.32. The predicted molar refractivity (Wildman–Crippen MR) is 93.1 cm³/mol. The molecule has 0 radical (unpaired) electrons. The molecular weight excluding hydrogens is 320 g/mol. The molecule has 0 atom stereocenters. The number of amides is 3. The third kappa shape index (κ3) is 4.31. The maximum Gasteiger partial charge on any atom is 0.312 e. The minimum absolute atomic E-state index is 0.163. The van der Waals surface area contributed by atoms with Crippen LogP contribution in [0.2, 0.25) is 0 Å². The zero-order chi connectivity index (χ0) is 17.6. The Bertz CT molecular complexity index is 888. The third-order valence-corrected chi connectivity index (χ3v) is 3.64. The Kier molecular flexibility index (Phi) is 4.89. The number of pyridine rings is 1. The molecular formula is C17H18N6O2. The van der Waals surface area contributed by atoms with Crippen LogP contribution in [0.1, 0.15) is 17.8 Å². The van der Waals surface area contributed by atoms with Gasteiger partial charge in [0.25, 0.3) is 0 Å². The second kappa shape index (κ2) is 7.43. The molecule has 2 heterocycles. The molecule has 0 spiro atoms. The summed E-state index contributed by atoms with van der Waals surface area (Å²) in [7, 11) is 0. The summed E-state index contributed by atoms with van der Waals surface area (Å²) in [6.45, 7) is 0.208. The number of benzene rings is 1. The van der Waals surface area contributed by atoms with Gasteiger partial charge in [0.1, 0.15) is 5.82 Å². The highest BCUT2D eigenvalue weighted by Crippen LogP contribution is 2.14. The standard InChI is InChI=1S/C17H18N6O2/c18-17(25)19-9-8-16(24)20-13-6-4-12(5-7-13)11-15-22-21-14-3-1-2-10-23(14)15/h1-7,10H,8-9,11H2,(H,20,24)(H3,18,19,25). The summed E-state index contributed by atoms with van der Waals surface area (Å²) in [5.74, 6) is 0.662. The Morgan fingerprint density at radius 2 is 1.88 bits per heavy atom. The molecule has 3 aromatic rings. The number of rotatable bonds is 6. The molecule has 1 aromatic carbocycles. The van der Waals surface area contributed by atoms with Crippen LogP contribution >= 0.6 is 0 Å². The van der Waals surface area contributed by atoms with Gasteiger partial charge in [-0.25, -0.2) is 4.79 Å². The Morgan fingerprint density at radius 3 is 2.64 bits per heavy atom. The lowest BCUT2D eigenvalue weighted by Gasteiger charge is -2.07. The topological polar surface area (TPSA) is 114 Å². The molecule has 0 aliphatic rings. The second-order valence-electron chi connectivity index (χ2n) is 5.51. The number of hydrogen-bond donors (Lipinski definition) is 3. The first-order valence-electron chi connectivity index (χ1n) is 7.82. The van der Waals surface area contributed by atoms with E-state index in [9.17, 15) is 9.59 Å². The van der Waals surface area contributed by atoms with E-state index in [1.54, 1.807) is 0 Å². The van der Waals surface area contributed by atoms with Crippen molar-refractivity contribution in [2.24, 2.45) is 5.73 Å². The highest BCUT2D eigenvalue weighted by molar-refractivity contribution is 5.91. The van der Waals surface area contributed by atoms with Gasteiger partial charge in [-0.15, -0.1) is 10.2 Å². The minimum atomic E-state index is -0.641. The maximum atomic E-state index is 11.8. The van der Waals surface area contributed by atoms with E-state index in [1.807, 2.05) is 53.1 Å². The van der Waals surface area contributed by atoms with Crippen LogP contribution in [0.5, 0.6) is 0 Å². The Balaban J connectivity index is 1.59. The van der Waals surface area contributed by atoms with Crippen molar-refractivity contribution in [1.82, 2.24) is 19.9 Å². The lowest BCUT2D eigenvalue weighted by atomic mass is 10.1. The van der Waals surface area contributed by atoms with Crippen LogP contribution in [0.25, 0.3) is 5.65 Å². The van der Waals surface area contributed by atoms with E-state index in [4.69, 9.17) is 5.73 Å². The summed E-state index contributed by atoms with van der Waals surface area (Å²) in [6, 6.07) is 12.6. The fourth-order valence-corrected chi connectivity index (χ4v) is 2.42. The summed E-state index contributed by atoms with van der Waals surface area (Å²) in [5, 5.41) is 13.5. The quantitative estimate of drug-likeness (QED) is 0.629. The number of anilines is 1. The largest absolute Gasteiger partial charge is 0.352 e. The van der Waals surface area contributed by atoms with Gasteiger partial charge in [0.2, 0.25) is 5.91 Å². The van der Waals surface area contributed by atoms with Crippen LogP contribution in [0.4, 0.5) is 10.5 Å². The summed E-state index contributed by atoms with van der Waals surface area (Å²) in [5.41, 5.74) is 7.51. The number of carbonyl (C=O) groups is 2. The van der Waals surface area contributed by atoms with Crippen LogP contribution in [0, 0.1) is 0 Å². The molecule has 4 N–H and O–H groups in total. The molecule has 3 amide bonds. The lowest BCUT2D eigenvalue weighted by Crippen LogP contribution is -2.32. The molecule has 0 aliphatic heterocycles. The summed E-state index contributed by atoms with van der Waals surface area (Å²) in [4.78, 5) is 22.3. The molecule has 3 rings (SSSR count). The molecule has 128 valence electrons. The van der Waals surface area contributed by atoms with Gasteiger partial charge in [0, 0.05) is 31.3 Å². The number of hydrogen-bond acceptors (Lipinski definition) is 4. The van der Waals surface area contributed by atoms with Crippen LogP contribution in [0.15, 0.2) is 48.7 Å². The van der Waals surface area contributed by atoms with Gasteiger partial charge in [-0.05, 0) is 29.8 Å². The average molecular weight is 338 g/mol. The number of nitrogens with one attached hydrogen (secondary N) is 2. The van der Waals surface area contributed by atoms with Crippen molar-refractivity contribution in [3.8, 4) is 0 Å². The van der Waals surface area contributed by atoms with Crippen molar-refractivity contribution in [1.29, 1.82) is 0 Å². The zero-order valence-electron chi connectivity index (χ0n) is 13.5. The monoisotopic (exact) mass is 338 g/mol. The number of aromatic nitrogens is 3. The molecule has 25 heavy (non-hydrogen) atoms. The molecule has 0 saturated carbocycles. The summed E-state index contributed by atoms with van der Waals surface area (Å²) >= 11 is 0. The van der Waals surface area contributed by atoms with Gasteiger partial charge in [-0.2, -0.15) is 0 Å². The van der Waals surface area contributed by atoms with Crippen molar-refractivity contribution >= 4 is 23.3 Å². The van der Waals surface area contributed by atoms with Gasteiger partial charge in [0.15, 0.2) is 5.65 Å². The van der Waals surface area contributed by atoms with Crippen molar-refractivity contribution < 1.29 is 9.59 Å². The highest BCUT2D eigenvalue weighted by atomic mass is 16.2. The molecule has 2 aromatic heterocycles. The number of carbonyl (C=O) groups excluding carboxylic acids is 2. The van der Waals surface area contributed by atoms with Gasteiger partial charge in [-0.1, -0.05) is 18.2 Å². The van der Waals surface area contributed by atoms with Crippen LogP contribution < -0.4 is 16.4 Å². The van der Waals surface area contributed by atoms with Crippen LogP contribution in [-0.2, 0) is 11.2 Å². The summed E-state index contributed by atoms with van der Waals surface area (Å²) < 4.78 is 1.95. The smallest absolute Gasteiger partial charge is 0.312 e. The Labute approximate surface area is 144 Å². The molecule has 0 saturated heterocycles. The van der Waals surface area contributed by atoms with Crippen molar-refractivity contribution in [3.05, 3.63) is 60.0 Å². The number of fused-ring (bicyclic) bond motifs is 1. The second-order valence-corrected chi connectivity index (χ2v) is 5.51. The number of urea groups is 1. The van der Waals surface area contributed by atoms with E-state index < -0.39 is 6.03 Å². The SMILES string of the molecule is NC(=O)NCCC(=O)Nc1ccc(Cc2nnc3ccccn23)cc1. The number of nitrogens with zero attached hydrogens (tertiary/aromatic N) is 3. The fraction of sp³-hybridized carbons (Fsp3) is 0.176. The van der Waals surface area contributed by atoms with E-state index in [0.29, 0.717) is 12.1 Å².